The van der Waals surface area contributed by atoms with Crippen molar-refractivity contribution in [2.45, 2.75) is 57.9 Å². The van der Waals surface area contributed by atoms with Crippen LogP contribution in [0.3, 0.4) is 0 Å². The third-order valence-electron chi connectivity index (χ3n) is 5.68. The van der Waals surface area contributed by atoms with Gasteiger partial charge in [0, 0.05) is 40.1 Å². The standard InChI is InChI=1S/C25H27BrClF3N2O3/c1-14-9-15(5-6-20(14)27)19-13-32(23(34)35-24(2,3)4)8-7-21(19)31-22(33)16-10-17(25(28,29)30)12-18(26)11-16/h5-6,9-12,19,21H,7-8,13H2,1-4H3,(H,31,33)/t19-,21+/m0/s1. The van der Waals surface area contributed by atoms with Gasteiger partial charge in [-0.1, -0.05) is 39.7 Å². The van der Waals surface area contributed by atoms with E-state index in [9.17, 15) is 22.8 Å². The van der Waals surface area contributed by atoms with E-state index in [1.54, 1.807) is 31.7 Å². The van der Waals surface area contributed by atoms with Crippen LogP contribution in [0, 0.1) is 6.92 Å². The Morgan fingerprint density at radius 2 is 1.83 bits per heavy atom. The highest BCUT2D eigenvalue weighted by molar-refractivity contribution is 9.10. The van der Waals surface area contributed by atoms with Crippen molar-refractivity contribution in [3.8, 4) is 0 Å². The Kier molecular flexibility index (Phi) is 8.11. The minimum absolute atomic E-state index is 0.104. The highest BCUT2D eigenvalue weighted by Gasteiger charge is 2.36. The van der Waals surface area contributed by atoms with E-state index in [4.69, 9.17) is 16.3 Å². The second-order valence-electron chi connectivity index (χ2n) is 9.64. The lowest BCUT2D eigenvalue weighted by Gasteiger charge is -2.39. The number of ether oxygens (including phenoxy) is 1. The first-order chi connectivity index (χ1) is 16.1. The molecule has 2 aromatic rings. The Morgan fingerprint density at radius 3 is 2.43 bits per heavy atom. The number of nitrogens with one attached hydrogen (secondary N) is 1. The molecule has 1 fully saturated rings. The van der Waals surface area contributed by atoms with Crippen LogP contribution in [-0.2, 0) is 10.9 Å². The number of benzene rings is 2. The van der Waals surface area contributed by atoms with Gasteiger partial charge >= 0.3 is 12.3 Å². The number of aryl methyl sites for hydroxylation is 1. The van der Waals surface area contributed by atoms with Crippen molar-refractivity contribution in [2.24, 2.45) is 0 Å². The van der Waals surface area contributed by atoms with Crippen LogP contribution >= 0.6 is 27.5 Å². The van der Waals surface area contributed by atoms with E-state index in [0.29, 0.717) is 18.0 Å². The first-order valence-corrected chi connectivity index (χ1v) is 12.2. The quantitative estimate of drug-likeness (QED) is 0.431. The summed E-state index contributed by atoms with van der Waals surface area (Å²) >= 11 is 9.25. The predicted octanol–water partition coefficient (Wildman–Crippen LogP) is 6.95. The second-order valence-corrected chi connectivity index (χ2v) is 11.0. The van der Waals surface area contributed by atoms with Crippen LogP contribution in [0.25, 0.3) is 0 Å². The number of likely N-dealkylation sites (tertiary alicyclic amines) is 1. The number of rotatable bonds is 3. The molecule has 0 spiro atoms. The fourth-order valence-corrected chi connectivity index (χ4v) is 4.60. The molecule has 35 heavy (non-hydrogen) atoms. The summed E-state index contributed by atoms with van der Waals surface area (Å²) in [5.74, 6) is -0.936. The number of hydrogen-bond acceptors (Lipinski definition) is 3. The third-order valence-corrected chi connectivity index (χ3v) is 6.56. The van der Waals surface area contributed by atoms with Gasteiger partial charge in [-0.2, -0.15) is 13.2 Å². The van der Waals surface area contributed by atoms with Crippen molar-refractivity contribution in [3.63, 3.8) is 0 Å². The lowest BCUT2D eigenvalue weighted by molar-refractivity contribution is -0.137. The van der Waals surface area contributed by atoms with E-state index in [1.807, 2.05) is 19.1 Å². The van der Waals surface area contributed by atoms with Crippen molar-refractivity contribution < 1.29 is 27.5 Å². The number of alkyl halides is 3. The van der Waals surface area contributed by atoms with Crippen LogP contribution < -0.4 is 5.32 Å². The Bertz CT molecular complexity index is 1120. The molecule has 0 aliphatic carbocycles. The van der Waals surface area contributed by atoms with Crippen molar-refractivity contribution in [1.82, 2.24) is 10.2 Å². The summed E-state index contributed by atoms with van der Waals surface area (Å²) in [6.07, 6.45) is -4.64. The van der Waals surface area contributed by atoms with Crippen molar-refractivity contribution in [1.29, 1.82) is 0 Å². The predicted molar refractivity (Wildman–Crippen MR) is 132 cm³/mol. The fraction of sp³-hybridized carbons (Fsp3) is 0.440. The van der Waals surface area contributed by atoms with Crippen LogP contribution in [-0.4, -0.2) is 41.6 Å². The molecule has 1 heterocycles. The van der Waals surface area contributed by atoms with Crippen LogP contribution in [0.4, 0.5) is 18.0 Å². The van der Waals surface area contributed by atoms with Crippen LogP contribution in [0.2, 0.25) is 5.02 Å². The van der Waals surface area contributed by atoms with Crippen LogP contribution in [0.1, 0.15) is 60.2 Å². The highest BCUT2D eigenvalue weighted by atomic mass is 79.9. The molecule has 2 aromatic carbocycles. The Labute approximate surface area is 216 Å². The number of halogens is 5. The van der Waals surface area contributed by atoms with Crippen molar-refractivity contribution in [3.05, 3.63) is 68.1 Å². The largest absolute Gasteiger partial charge is 0.444 e. The van der Waals surface area contributed by atoms with Gasteiger partial charge < -0.3 is 15.0 Å². The van der Waals surface area contributed by atoms with Crippen LogP contribution in [0.5, 0.6) is 0 Å². The van der Waals surface area contributed by atoms with Crippen molar-refractivity contribution in [2.75, 3.05) is 13.1 Å². The number of carbonyl (C=O) groups is 2. The summed E-state index contributed by atoms with van der Waals surface area (Å²) < 4.78 is 45.4. The Morgan fingerprint density at radius 1 is 1.14 bits per heavy atom. The molecule has 5 nitrogen and oxygen atoms in total. The summed E-state index contributed by atoms with van der Waals surface area (Å²) in [7, 11) is 0. The minimum atomic E-state index is -4.58. The second kappa shape index (κ2) is 10.4. The molecular formula is C25H27BrClF3N2O3. The van der Waals surface area contributed by atoms with E-state index in [2.05, 4.69) is 21.2 Å². The van der Waals surface area contributed by atoms with E-state index in [0.717, 1.165) is 23.3 Å². The zero-order chi connectivity index (χ0) is 26.1. The average molecular weight is 576 g/mol. The topological polar surface area (TPSA) is 58.6 Å². The molecule has 0 bridgehead atoms. The van der Waals surface area contributed by atoms with Gasteiger partial charge in [-0.05, 0) is 69.5 Å². The number of piperidine rings is 1. The zero-order valence-corrected chi connectivity index (χ0v) is 22.1. The number of hydrogen-bond donors (Lipinski definition) is 1. The highest BCUT2D eigenvalue weighted by Crippen LogP contribution is 2.33. The van der Waals surface area contributed by atoms with Gasteiger partial charge in [-0.25, -0.2) is 4.79 Å². The molecule has 2 amide bonds. The third kappa shape index (κ3) is 7.13. The number of nitrogens with zero attached hydrogens (tertiary/aromatic N) is 1. The van der Waals surface area contributed by atoms with Gasteiger partial charge in [-0.3, -0.25) is 4.79 Å². The first kappa shape index (κ1) is 27.3. The molecule has 0 unspecified atom stereocenters. The molecule has 1 aliphatic rings. The van der Waals surface area contributed by atoms with Gasteiger partial charge in [0.25, 0.3) is 5.91 Å². The minimum Gasteiger partial charge on any atom is -0.444 e. The Hall–Kier alpha value is -2.26. The van der Waals surface area contributed by atoms with E-state index in [-0.39, 0.29) is 22.5 Å². The average Bonchev–Trinajstić information content (AvgIpc) is 2.73. The fourth-order valence-electron chi connectivity index (χ4n) is 3.99. The monoisotopic (exact) mass is 574 g/mol. The lowest BCUT2D eigenvalue weighted by atomic mass is 9.85. The molecule has 1 saturated heterocycles. The first-order valence-electron chi connectivity index (χ1n) is 11.1. The van der Waals surface area contributed by atoms with E-state index < -0.39 is 35.4 Å². The van der Waals surface area contributed by atoms with Gasteiger partial charge in [0.1, 0.15) is 5.60 Å². The zero-order valence-electron chi connectivity index (χ0n) is 19.8. The smallest absolute Gasteiger partial charge is 0.416 e. The lowest BCUT2D eigenvalue weighted by Crippen LogP contribution is -2.52. The molecular weight excluding hydrogens is 549 g/mol. The van der Waals surface area contributed by atoms with Crippen molar-refractivity contribution >= 4 is 39.5 Å². The van der Waals surface area contributed by atoms with Gasteiger partial charge in [0.15, 0.2) is 0 Å². The molecule has 0 aromatic heterocycles. The SMILES string of the molecule is Cc1cc([C@@H]2CN(C(=O)OC(C)(C)C)CC[C@H]2NC(=O)c2cc(Br)cc(C(F)(F)F)c2)ccc1Cl. The molecule has 0 saturated carbocycles. The van der Waals surface area contributed by atoms with Crippen LogP contribution in [0.15, 0.2) is 40.9 Å². The summed E-state index contributed by atoms with van der Waals surface area (Å²) in [6.45, 7) is 7.80. The summed E-state index contributed by atoms with van der Waals surface area (Å²) in [5.41, 5.74) is 0.0147. The molecule has 3 rings (SSSR count). The van der Waals surface area contributed by atoms with Gasteiger partial charge in [0.05, 0.1) is 5.56 Å². The van der Waals surface area contributed by atoms with Gasteiger partial charge in [-0.15, -0.1) is 0 Å². The molecule has 2 atom stereocenters. The maximum absolute atomic E-state index is 13.2. The molecule has 10 heteroatoms. The normalized spacial score (nSPS) is 18.8. The summed E-state index contributed by atoms with van der Waals surface area (Å²) in [6, 6.07) is 8.16. The summed E-state index contributed by atoms with van der Waals surface area (Å²) in [5, 5.41) is 3.48. The molecule has 190 valence electrons. The molecule has 1 aliphatic heterocycles. The Balaban J connectivity index is 1.88. The van der Waals surface area contributed by atoms with E-state index in [1.165, 1.54) is 6.07 Å². The molecule has 0 radical (unpaired) electrons. The van der Waals surface area contributed by atoms with Gasteiger partial charge in [0.2, 0.25) is 0 Å². The summed E-state index contributed by atoms with van der Waals surface area (Å²) in [4.78, 5) is 27.3. The number of amides is 2. The maximum Gasteiger partial charge on any atom is 0.416 e. The van der Waals surface area contributed by atoms with E-state index >= 15 is 0 Å². The number of carbonyl (C=O) groups excluding carboxylic acids is 2. The maximum atomic E-state index is 13.2. The molecule has 1 N–H and O–H groups in total.